The van der Waals surface area contributed by atoms with Gasteiger partial charge in [-0.15, -0.1) is 0 Å². The normalized spacial score (nSPS) is 24.0. The molecule has 0 amide bonds. The predicted molar refractivity (Wildman–Crippen MR) is 118 cm³/mol. The number of carbonyl (C=O) groups is 2. The van der Waals surface area contributed by atoms with Gasteiger partial charge in [0.15, 0.2) is 11.5 Å². The van der Waals surface area contributed by atoms with Crippen LogP contribution in [-0.4, -0.2) is 37.3 Å². The van der Waals surface area contributed by atoms with Gasteiger partial charge in [-0.05, 0) is 70.1 Å². The molecule has 2 aliphatic carbocycles. The van der Waals surface area contributed by atoms with Gasteiger partial charge in [0.05, 0.1) is 25.2 Å². The molecule has 0 N–H and O–H groups in total. The Morgan fingerprint density at radius 2 is 1.87 bits per heavy atom. The number of Topliss-reactive ketones (excluding diaryl/α,β-unsaturated/α-hetero) is 1. The number of ketones is 1. The molecule has 1 aromatic carbocycles. The standard InChI is InChI=1S/C25H31NO5/c1-4-30-20-13-12-16(14-21(20)29-3)23-22(25(28)31-17-8-5-6-9-17)15(2)26-18-10-7-11-19(27)24(18)23/h12-14,17,23-24H,4-11H2,1-3H3/t23-,24?/m1/s1. The zero-order valence-electron chi connectivity index (χ0n) is 18.6. The van der Waals surface area contributed by atoms with E-state index in [1.54, 1.807) is 7.11 Å². The van der Waals surface area contributed by atoms with Crippen molar-refractivity contribution in [2.45, 2.75) is 70.8 Å². The monoisotopic (exact) mass is 425 g/mol. The van der Waals surface area contributed by atoms with Crippen molar-refractivity contribution in [1.29, 1.82) is 0 Å². The van der Waals surface area contributed by atoms with E-state index in [1.807, 2.05) is 32.0 Å². The van der Waals surface area contributed by atoms with Crippen molar-refractivity contribution in [2.24, 2.45) is 10.9 Å². The van der Waals surface area contributed by atoms with E-state index in [0.717, 1.165) is 49.8 Å². The number of esters is 1. The maximum Gasteiger partial charge on any atom is 0.336 e. The van der Waals surface area contributed by atoms with Crippen LogP contribution < -0.4 is 9.47 Å². The third-order valence-corrected chi connectivity index (χ3v) is 6.55. The van der Waals surface area contributed by atoms with Crippen molar-refractivity contribution in [2.75, 3.05) is 13.7 Å². The molecule has 2 saturated carbocycles. The zero-order chi connectivity index (χ0) is 22.0. The molecule has 6 heteroatoms. The highest BCUT2D eigenvalue weighted by Crippen LogP contribution is 2.45. The quantitative estimate of drug-likeness (QED) is 0.614. The lowest BCUT2D eigenvalue weighted by Crippen LogP contribution is -2.39. The second-order valence-electron chi connectivity index (χ2n) is 8.53. The van der Waals surface area contributed by atoms with Crippen molar-refractivity contribution < 1.29 is 23.8 Å². The van der Waals surface area contributed by atoms with E-state index >= 15 is 0 Å². The molecule has 6 nitrogen and oxygen atoms in total. The number of nitrogens with zero attached hydrogens (tertiary/aromatic N) is 1. The number of ether oxygens (including phenoxy) is 3. The zero-order valence-corrected chi connectivity index (χ0v) is 18.6. The number of methoxy groups -OCH3 is 1. The highest BCUT2D eigenvalue weighted by molar-refractivity contribution is 6.11. The Labute approximate surface area is 183 Å². The van der Waals surface area contributed by atoms with Gasteiger partial charge in [0, 0.05) is 23.7 Å². The Morgan fingerprint density at radius 1 is 1.10 bits per heavy atom. The number of aliphatic imine (C=N–C) groups is 1. The second kappa shape index (κ2) is 9.25. The highest BCUT2D eigenvalue weighted by atomic mass is 16.5. The Kier molecular flexibility index (Phi) is 6.44. The fourth-order valence-corrected chi connectivity index (χ4v) is 5.12. The maximum atomic E-state index is 13.3. The van der Waals surface area contributed by atoms with E-state index in [1.165, 1.54) is 0 Å². The van der Waals surface area contributed by atoms with Gasteiger partial charge in [0.1, 0.15) is 11.9 Å². The Hall–Kier alpha value is -2.63. The van der Waals surface area contributed by atoms with Crippen LogP contribution in [0.15, 0.2) is 34.5 Å². The number of hydrogen-bond donors (Lipinski definition) is 0. The van der Waals surface area contributed by atoms with E-state index in [9.17, 15) is 9.59 Å². The summed E-state index contributed by atoms with van der Waals surface area (Å²) < 4.78 is 17.1. The van der Waals surface area contributed by atoms with Crippen molar-refractivity contribution in [3.63, 3.8) is 0 Å². The summed E-state index contributed by atoms with van der Waals surface area (Å²) in [5, 5.41) is 0. The topological polar surface area (TPSA) is 74.2 Å². The summed E-state index contributed by atoms with van der Waals surface area (Å²) >= 11 is 0. The number of carbonyl (C=O) groups excluding carboxylic acids is 2. The van der Waals surface area contributed by atoms with Crippen LogP contribution in [0.1, 0.15) is 70.3 Å². The summed E-state index contributed by atoms with van der Waals surface area (Å²) in [6.45, 7) is 4.29. The molecule has 1 unspecified atom stereocenters. The first-order valence-corrected chi connectivity index (χ1v) is 11.4. The fraction of sp³-hybridized carbons (Fsp3) is 0.560. The minimum Gasteiger partial charge on any atom is -0.493 e. The van der Waals surface area contributed by atoms with Crippen LogP contribution >= 0.6 is 0 Å². The van der Waals surface area contributed by atoms with Gasteiger partial charge in [-0.1, -0.05) is 6.07 Å². The second-order valence-corrected chi connectivity index (χ2v) is 8.53. The molecule has 1 heterocycles. The Balaban J connectivity index is 1.77. The molecular formula is C25H31NO5. The first-order chi connectivity index (χ1) is 15.0. The van der Waals surface area contributed by atoms with E-state index < -0.39 is 11.8 Å². The molecule has 2 fully saturated rings. The lowest BCUT2D eigenvalue weighted by molar-refractivity contribution is -0.144. The van der Waals surface area contributed by atoms with Crippen LogP contribution in [0, 0.1) is 5.92 Å². The lowest BCUT2D eigenvalue weighted by Gasteiger charge is -2.36. The molecule has 166 valence electrons. The van der Waals surface area contributed by atoms with Gasteiger partial charge in [-0.3, -0.25) is 9.79 Å². The molecule has 2 atom stereocenters. The molecule has 31 heavy (non-hydrogen) atoms. The summed E-state index contributed by atoms with van der Waals surface area (Å²) in [4.78, 5) is 31.1. The van der Waals surface area contributed by atoms with Gasteiger partial charge >= 0.3 is 5.97 Å². The molecule has 3 aliphatic rings. The molecule has 0 aromatic heterocycles. The minimum atomic E-state index is -0.425. The van der Waals surface area contributed by atoms with Crippen molar-refractivity contribution in [1.82, 2.24) is 0 Å². The first kappa shape index (κ1) is 21.6. The molecule has 4 rings (SSSR count). The van der Waals surface area contributed by atoms with E-state index in [4.69, 9.17) is 19.2 Å². The Bertz CT molecular complexity index is 926. The van der Waals surface area contributed by atoms with Crippen molar-refractivity contribution >= 4 is 17.5 Å². The summed E-state index contributed by atoms with van der Waals surface area (Å²) in [6, 6.07) is 5.67. The van der Waals surface area contributed by atoms with Gasteiger partial charge in [-0.2, -0.15) is 0 Å². The van der Waals surface area contributed by atoms with E-state index in [0.29, 0.717) is 35.8 Å². The van der Waals surface area contributed by atoms with Crippen LogP contribution in [0.3, 0.4) is 0 Å². The van der Waals surface area contributed by atoms with E-state index in [-0.39, 0.29) is 17.9 Å². The van der Waals surface area contributed by atoms with Crippen LogP contribution in [0.25, 0.3) is 0 Å². The highest BCUT2D eigenvalue weighted by Gasteiger charge is 2.44. The average molecular weight is 426 g/mol. The SMILES string of the molecule is CCOc1ccc([C@@H]2C(C(=O)OC3CCCC3)=C(C)N=C3CCCC(=O)C32)cc1OC. The van der Waals surface area contributed by atoms with Gasteiger partial charge < -0.3 is 14.2 Å². The third kappa shape index (κ3) is 4.25. The summed E-state index contributed by atoms with van der Waals surface area (Å²) in [7, 11) is 1.59. The van der Waals surface area contributed by atoms with Gasteiger partial charge in [0.2, 0.25) is 0 Å². The Morgan fingerprint density at radius 3 is 2.58 bits per heavy atom. The van der Waals surface area contributed by atoms with E-state index in [2.05, 4.69) is 0 Å². The number of fused-ring (bicyclic) bond motifs is 1. The van der Waals surface area contributed by atoms with Crippen LogP contribution in [0.2, 0.25) is 0 Å². The summed E-state index contributed by atoms with van der Waals surface area (Å²) in [5.74, 6) is 0.187. The number of hydrogen-bond acceptors (Lipinski definition) is 6. The van der Waals surface area contributed by atoms with Gasteiger partial charge in [0.25, 0.3) is 0 Å². The largest absolute Gasteiger partial charge is 0.493 e. The minimum absolute atomic E-state index is 0.0456. The average Bonchev–Trinajstić information content (AvgIpc) is 3.26. The predicted octanol–water partition coefficient (Wildman–Crippen LogP) is 4.76. The molecule has 0 spiro atoms. The number of benzene rings is 1. The molecule has 1 aliphatic heterocycles. The molecule has 0 saturated heterocycles. The number of allylic oxidation sites excluding steroid dienone is 1. The molecule has 1 aromatic rings. The number of rotatable bonds is 6. The van der Waals surface area contributed by atoms with Crippen LogP contribution in [0.4, 0.5) is 0 Å². The first-order valence-electron chi connectivity index (χ1n) is 11.4. The molecular weight excluding hydrogens is 394 g/mol. The fourth-order valence-electron chi connectivity index (χ4n) is 5.12. The third-order valence-electron chi connectivity index (χ3n) is 6.55. The van der Waals surface area contributed by atoms with Gasteiger partial charge in [-0.25, -0.2) is 4.79 Å². The smallest absolute Gasteiger partial charge is 0.336 e. The summed E-state index contributed by atoms with van der Waals surface area (Å²) in [5.41, 5.74) is 2.89. The molecule has 0 bridgehead atoms. The lowest BCUT2D eigenvalue weighted by atomic mass is 9.69. The van der Waals surface area contributed by atoms with Crippen molar-refractivity contribution in [3.05, 3.63) is 35.0 Å². The summed E-state index contributed by atoms with van der Waals surface area (Å²) in [6.07, 6.45) is 6.02. The molecule has 0 radical (unpaired) electrons. The van der Waals surface area contributed by atoms with Crippen LogP contribution in [0.5, 0.6) is 11.5 Å². The maximum absolute atomic E-state index is 13.3. The van der Waals surface area contributed by atoms with Crippen LogP contribution in [-0.2, 0) is 14.3 Å². The van der Waals surface area contributed by atoms with Crippen molar-refractivity contribution in [3.8, 4) is 11.5 Å².